The number of urea groups is 1. The maximum absolute atomic E-state index is 13.1. The van der Waals surface area contributed by atoms with Crippen molar-refractivity contribution < 1.29 is 9.59 Å². The second kappa shape index (κ2) is 9.79. The van der Waals surface area contributed by atoms with Gasteiger partial charge in [-0.3, -0.25) is 4.79 Å². The minimum Gasteiger partial charge on any atom is -0.338 e. The lowest BCUT2D eigenvalue weighted by molar-refractivity contribution is -0.141. The molecule has 150 valence electrons. The average molecular weight is 387 g/mol. The summed E-state index contributed by atoms with van der Waals surface area (Å²) >= 11 is 0. The fourth-order valence-corrected chi connectivity index (χ4v) is 4.70. The van der Waals surface area contributed by atoms with Crippen molar-refractivity contribution in [1.29, 1.82) is 0 Å². The Kier molecular flexibility index (Phi) is 8.02. The number of piperidine rings is 2. The zero-order valence-corrected chi connectivity index (χ0v) is 16.8. The van der Waals surface area contributed by atoms with Crippen molar-refractivity contribution in [3.63, 3.8) is 0 Å². The lowest BCUT2D eigenvalue weighted by Gasteiger charge is -2.41. The van der Waals surface area contributed by atoms with Gasteiger partial charge < -0.3 is 20.9 Å². The van der Waals surface area contributed by atoms with Gasteiger partial charge in [0.05, 0.1) is 5.92 Å². The molecule has 1 aliphatic carbocycles. The van der Waals surface area contributed by atoms with Gasteiger partial charge in [-0.05, 0) is 44.4 Å². The molecule has 3 N–H and O–H groups in total. The van der Waals surface area contributed by atoms with E-state index in [2.05, 4.69) is 12.2 Å². The molecule has 3 amide bonds. The fourth-order valence-electron chi connectivity index (χ4n) is 4.70. The number of carbonyl (C=O) groups excluding carboxylic acids is 2. The van der Waals surface area contributed by atoms with Crippen LogP contribution in [0.3, 0.4) is 0 Å². The summed E-state index contributed by atoms with van der Waals surface area (Å²) in [5, 5.41) is 3.16. The number of nitrogens with zero attached hydrogens (tertiary/aromatic N) is 2. The molecule has 1 saturated carbocycles. The van der Waals surface area contributed by atoms with Crippen LogP contribution in [0.2, 0.25) is 0 Å². The molecule has 2 heterocycles. The van der Waals surface area contributed by atoms with Crippen LogP contribution in [0.15, 0.2) is 0 Å². The number of amides is 3. The maximum atomic E-state index is 13.1. The Balaban J connectivity index is 0.00000243. The minimum absolute atomic E-state index is 0. The Hall–Kier alpha value is -1.01. The molecule has 0 radical (unpaired) electrons. The third-order valence-electron chi connectivity index (χ3n) is 6.27. The predicted molar refractivity (Wildman–Crippen MR) is 105 cm³/mol. The van der Waals surface area contributed by atoms with Crippen LogP contribution < -0.4 is 11.1 Å². The second-order valence-electron chi connectivity index (χ2n) is 8.27. The Bertz CT molecular complexity index is 484. The van der Waals surface area contributed by atoms with Crippen molar-refractivity contribution in [2.24, 2.45) is 17.6 Å². The highest BCUT2D eigenvalue weighted by Crippen LogP contribution is 2.27. The molecule has 6 nitrogen and oxygen atoms in total. The molecular weight excluding hydrogens is 352 g/mol. The zero-order valence-electron chi connectivity index (χ0n) is 16.0. The van der Waals surface area contributed by atoms with Gasteiger partial charge in [-0.15, -0.1) is 12.4 Å². The largest absolute Gasteiger partial charge is 0.338 e. The number of hydrogen-bond donors (Lipinski definition) is 2. The van der Waals surface area contributed by atoms with E-state index in [1.165, 1.54) is 12.8 Å². The summed E-state index contributed by atoms with van der Waals surface area (Å²) in [5.41, 5.74) is 5.92. The number of hydrogen-bond acceptors (Lipinski definition) is 3. The number of halogens is 1. The smallest absolute Gasteiger partial charge is 0.317 e. The van der Waals surface area contributed by atoms with E-state index in [-0.39, 0.29) is 36.3 Å². The Labute approximate surface area is 163 Å². The standard InChI is InChI=1S/C19H34N4O2.ClH/c1-14-8-10-23(17(11-14)12-20)18(24)15-5-4-9-22(13-15)19(25)21-16-6-2-3-7-16;/h14-17H,2-13,20H2,1H3,(H,21,25);1H. The summed E-state index contributed by atoms with van der Waals surface area (Å²) in [7, 11) is 0. The SMILES string of the molecule is CC1CCN(C(=O)C2CCCN(C(=O)NC3CCCC3)C2)C(CN)C1.Cl. The van der Waals surface area contributed by atoms with Gasteiger partial charge in [0.2, 0.25) is 5.91 Å². The second-order valence-corrected chi connectivity index (χ2v) is 8.27. The zero-order chi connectivity index (χ0) is 17.8. The van der Waals surface area contributed by atoms with Crippen molar-refractivity contribution in [2.75, 3.05) is 26.2 Å². The Morgan fingerprint density at radius 2 is 1.81 bits per heavy atom. The molecule has 0 spiro atoms. The molecule has 0 aromatic heterocycles. The van der Waals surface area contributed by atoms with Crippen molar-refractivity contribution >= 4 is 24.3 Å². The van der Waals surface area contributed by atoms with E-state index in [0.717, 1.165) is 51.6 Å². The summed E-state index contributed by atoms with van der Waals surface area (Å²) in [6, 6.07) is 0.514. The van der Waals surface area contributed by atoms with Crippen LogP contribution in [0.4, 0.5) is 4.79 Å². The topological polar surface area (TPSA) is 78.7 Å². The first-order valence-corrected chi connectivity index (χ1v) is 10.1. The van der Waals surface area contributed by atoms with Gasteiger partial charge in [0.25, 0.3) is 0 Å². The lowest BCUT2D eigenvalue weighted by Crippen LogP contribution is -2.55. The molecule has 2 aliphatic heterocycles. The number of likely N-dealkylation sites (tertiary alicyclic amines) is 2. The molecule has 2 saturated heterocycles. The lowest BCUT2D eigenvalue weighted by atomic mass is 9.89. The van der Waals surface area contributed by atoms with E-state index in [9.17, 15) is 9.59 Å². The van der Waals surface area contributed by atoms with Crippen LogP contribution >= 0.6 is 12.4 Å². The third-order valence-corrected chi connectivity index (χ3v) is 6.27. The average Bonchev–Trinajstić information content (AvgIpc) is 3.14. The molecular formula is C19H35ClN4O2. The highest BCUT2D eigenvalue weighted by atomic mass is 35.5. The number of rotatable bonds is 3. The van der Waals surface area contributed by atoms with Gasteiger partial charge >= 0.3 is 6.03 Å². The molecule has 0 aromatic carbocycles. The normalized spacial score (nSPS) is 30.0. The van der Waals surface area contributed by atoms with E-state index in [1.54, 1.807) is 0 Å². The quantitative estimate of drug-likeness (QED) is 0.781. The highest BCUT2D eigenvalue weighted by Gasteiger charge is 2.36. The molecule has 26 heavy (non-hydrogen) atoms. The van der Waals surface area contributed by atoms with E-state index in [1.807, 2.05) is 9.80 Å². The van der Waals surface area contributed by atoms with Crippen LogP contribution in [0, 0.1) is 11.8 Å². The summed E-state index contributed by atoms with van der Waals surface area (Å²) < 4.78 is 0. The molecule has 3 rings (SSSR count). The van der Waals surface area contributed by atoms with Gasteiger partial charge in [0, 0.05) is 38.3 Å². The van der Waals surface area contributed by atoms with Gasteiger partial charge in [-0.2, -0.15) is 0 Å². The Morgan fingerprint density at radius 1 is 1.08 bits per heavy atom. The van der Waals surface area contributed by atoms with Crippen LogP contribution in [-0.2, 0) is 4.79 Å². The van der Waals surface area contributed by atoms with E-state index < -0.39 is 0 Å². The number of nitrogens with one attached hydrogen (secondary N) is 1. The Morgan fingerprint density at radius 3 is 2.50 bits per heavy atom. The summed E-state index contributed by atoms with van der Waals surface area (Å²) in [6.45, 7) is 4.90. The first-order valence-electron chi connectivity index (χ1n) is 10.1. The monoisotopic (exact) mass is 386 g/mol. The predicted octanol–water partition coefficient (Wildman–Crippen LogP) is 2.36. The number of nitrogens with two attached hydrogens (primary N) is 1. The maximum Gasteiger partial charge on any atom is 0.317 e. The first-order chi connectivity index (χ1) is 12.1. The third kappa shape index (κ3) is 5.03. The fraction of sp³-hybridized carbons (Fsp3) is 0.895. The molecule has 3 aliphatic rings. The van der Waals surface area contributed by atoms with Gasteiger partial charge in [0.15, 0.2) is 0 Å². The summed E-state index contributed by atoms with van der Waals surface area (Å²) in [6.07, 6.45) is 8.45. The van der Waals surface area contributed by atoms with Crippen molar-refractivity contribution in [1.82, 2.24) is 15.1 Å². The van der Waals surface area contributed by atoms with Gasteiger partial charge in [-0.25, -0.2) is 4.79 Å². The van der Waals surface area contributed by atoms with Crippen LogP contribution in [0.1, 0.15) is 58.3 Å². The molecule has 3 atom stereocenters. The number of carbonyl (C=O) groups is 2. The van der Waals surface area contributed by atoms with Gasteiger partial charge in [0.1, 0.15) is 0 Å². The summed E-state index contributed by atoms with van der Waals surface area (Å²) in [5.74, 6) is 0.781. The highest BCUT2D eigenvalue weighted by molar-refractivity contribution is 5.85. The molecule has 3 unspecified atom stereocenters. The van der Waals surface area contributed by atoms with E-state index in [0.29, 0.717) is 25.0 Å². The van der Waals surface area contributed by atoms with Crippen LogP contribution in [0.25, 0.3) is 0 Å². The molecule has 0 bridgehead atoms. The molecule has 0 aromatic rings. The van der Waals surface area contributed by atoms with Crippen molar-refractivity contribution in [2.45, 2.75) is 70.4 Å². The van der Waals surface area contributed by atoms with E-state index in [4.69, 9.17) is 5.73 Å². The minimum atomic E-state index is -0.0643. The van der Waals surface area contributed by atoms with Crippen LogP contribution in [0.5, 0.6) is 0 Å². The first kappa shape index (κ1) is 21.3. The van der Waals surface area contributed by atoms with Crippen molar-refractivity contribution in [3.8, 4) is 0 Å². The van der Waals surface area contributed by atoms with Gasteiger partial charge in [-0.1, -0.05) is 19.8 Å². The van der Waals surface area contributed by atoms with Crippen LogP contribution in [-0.4, -0.2) is 60.0 Å². The van der Waals surface area contributed by atoms with Crippen molar-refractivity contribution in [3.05, 3.63) is 0 Å². The molecule has 3 fully saturated rings. The van der Waals surface area contributed by atoms with E-state index >= 15 is 0 Å². The molecule has 7 heteroatoms. The summed E-state index contributed by atoms with van der Waals surface area (Å²) in [4.78, 5) is 29.4.